The normalized spacial score (nSPS) is 11.6. The number of carbonyl (C=O) groups is 1. The molecule has 0 aliphatic rings. The second-order valence-corrected chi connectivity index (χ2v) is 10.8. The number of benzene rings is 5. The van der Waals surface area contributed by atoms with E-state index in [1.54, 1.807) is 0 Å². The fraction of sp³-hybridized carbons (Fsp3) is 0.0882. The lowest BCUT2D eigenvalue weighted by Crippen LogP contribution is -2.17. The first-order chi connectivity index (χ1) is 18.7. The monoisotopic (exact) mass is 517 g/mol. The maximum Gasteiger partial charge on any atom is 0.344 e. The van der Waals surface area contributed by atoms with Gasteiger partial charge in [0.15, 0.2) is 21.3 Å². The van der Waals surface area contributed by atoms with Gasteiger partial charge in [0, 0.05) is 0 Å². The molecular formula is C34H29O3S+. The molecule has 0 saturated heterocycles. The van der Waals surface area contributed by atoms with Gasteiger partial charge in [0.2, 0.25) is 0 Å². The van der Waals surface area contributed by atoms with Crippen LogP contribution in [0.1, 0.15) is 18.6 Å². The summed E-state index contributed by atoms with van der Waals surface area (Å²) < 4.78 is 11.4. The topological polar surface area (TPSA) is 35.5 Å². The molecule has 0 fully saturated rings. The molecule has 0 saturated carbocycles. The SMILES string of the molecule is CC(OC(=O)COc1ccc([S+](c2ccccc2)c2ccccc2)cc1)c1ccc(-c2ccccc2)cc1. The predicted octanol–water partition coefficient (Wildman–Crippen LogP) is 8.13. The Hall–Kier alpha value is -4.28. The van der Waals surface area contributed by atoms with E-state index in [2.05, 4.69) is 72.8 Å². The summed E-state index contributed by atoms with van der Waals surface area (Å²) in [4.78, 5) is 16.2. The molecule has 0 aromatic heterocycles. The molecule has 1 unspecified atom stereocenters. The Labute approximate surface area is 227 Å². The van der Waals surface area contributed by atoms with Gasteiger partial charge >= 0.3 is 5.97 Å². The molecule has 0 heterocycles. The lowest BCUT2D eigenvalue weighted by Gasteiger charge is -2.15. The average Bonchev–Trinajstić information content (AvgIpc) is 2.98. The molecule has 0 aliphatic heterocycles. The maximum absolute atomic E-state index is 12.5. The molecule has 0 amide bonds. The van der Waals surface area contributed by atoms with Gasteiger partial charge in [-0.2, -0.15) is 0 Å². The minimum atomic E-state index is -0.401. The maximum atomic E-state index is 12.5. The van der Waals surface area contributed by atoms with Crippen LogP contribution in [0.15, 0.2) is 154 Å². The van der Waals surface area contributed by atoms with Crippen molar-refractivity contribution in [3.05, 3.63) is 145 Å². The van der Waals surface area contributed by atoms with Crippen molar-refractivity contribution in [1.29, 1.82) is 0 Å². The van der Waals surface area contributed by atoms with Crippen molar-refractivity contribution in [2.45, 2.75) is 27.7 Å². The Morgan fingerprint density at radius 1 is 0.605 bits per heavy atom. The van der Waals surface area contributed by atoms with Crippen LogP contribution in [0, 0.1) is 0 Å². The van der Waals surface area contributed by atoms with Gasteiger partial charge in [-0.15, -0.1) is 0 Å². The molecule has 5 aromatic carbocycles. The van der Waals surface area contributed by atoms with Gasteiger partial charge in [-0.3, -0.25) is 0 Å². The van der Waals surface area contributed by atoms with Gasteiger partial charge in [0.1, 0.15) is 11.9 Å². The molecule has 0 radical (unpaired) electrons. The highest BCUT2D eigenvalue weighted by molar-refractivity contribution is 7.97. The number of esters is 1. The van der Waals surface area contributed by atoms with Gasteiger partial charge in [-0.1, -0.05) is 91.0 Å². The van der Waals surface area contributed by atoms with Crippen LogP contribution >= 0.6 is 0 Å². The number of rotatable bonds is 9. The zero-order valence-electron chi connectivity index (χ0n) is 21.2. The molecule has 4 heteroatoms. The average molecular weight is 518 g/mol. The molecule has 5 rings (SSSR count). The number of carbonyl (C=O) groups excluding carboxylic acids is 1. The highest BCUT2D eigenvalue weighted by Crippen LogP contribution is 2.32. The van der Waals surface area contributed by atoms with Crippen LogP contribution in [0.3, 0.4) is 0 Å². The largest absolute Gasteiger partial charge is 0.482 e. The van der Waals surface area contributed by atoms with E-state index in [1.165, 1.54) is 14.7 Å². The van der Waals surface area contributed by atoms with Crippen molar-refractivity contribution in [3.8, 4) is 16.9 Å². The highest BCUT2D eigenvalue weighted by atomic mass is 32.2. The summed E-state index contributed by atoms with van der Waals surface area (Å²) in [5, 5.41) is 0. The van der Waals surface area contributed by atoms with Crippen LogP contribution in [-0.2, 0) is 20.4 Å². The fourth-order valence-corrected chi connectivity index (χ4v) is 6.30. The van der Waals surface area contributed by atoms with Crippen molar-refractivity contribution < 1.29 is 14.3 Å². The molecule has 0 aliphatic carbocycles. The Kier molecular flexibility index (Phi) is 8.22. The summed E-state index contributed by atoms with van der Waals surface area (Å²) in [6, 6.07) is 47.2. The second kappa shape index (κ2) is 12.3. The number of hydrogen-bond donors (Lipinski definition) is 0. The summed E-state index contributed by atoms with van der Waals surface area (Å²) >= 11 is 0. The molecule has 5 aromatic rings. The van der Waals surface area contributed by atoms with Crippen molar-refractivity contribution in [1.82, 2.24) is 0 Å². The van der Waals surface area contributed by atoms with Gasteiger partial charge in [0.05, 0.1) is 10.9 Å². The Morgan fingerprint density at radius 2 is 1.08 bits per heavy atom. The molecule has 0 N–H and O–H groups in total. The minimum absolute atomic E-state index is 0.144. The van der Waals surface area contributed by atoms with Gasteiger partial charge in [-0.05, 0) is 72.1 Å². The first-order valence-corrected chi connectivity index (χ1v) is 13.8. The molecule has 0 bridgehead atoms. The fourth-order valence-electron chi connectivity index (χ4n) is 4.21. The van der Waals surface area contributed by atoms with E-state index >= 15 is 0 Å². The van der Waals surface area contributed by atoms with Crippen molar-refractivity contribution in [3.63, 3.8) is 0 Å². The van der Waals surface area contributed by atoms with Crippen LogP contribution < -0.4 is 4.74 Å². The number of hydrogen-bond acceptors (Lipinski definition) is 3. The number of ether oxygens (including phenoxy) is 2. The van der Waals surface area contributed by atoms with E-state index in [0.717, 1.165) is 16.7 Å². The minimum Gasteiger partial charge on any atom is -0.482 e. The third-order valence-electron chi connectivity index (χ3n) is 6.17. The van der Waals surface area contributed by atoms with E-state index in [4.69, 9.17) is 9.47 Å². The molecule has 0 spiro atoms. The van der Waals surface area contributed by atoms with Gasteiger partial charge < -0.3 is 9.47 Å². The molecule has 1 atom stereocenters. The van der Waals surface area contributed by atoms with Crippen LogP contribution in [0.4, 0.5) is 0 Å². The third-order valence-corrected chi connectivity index (χ3v) is 8.40. The Balaban J connectivity index is 1.19. The molecule has 188 valence electrons. The van der Waals surface area contributed by atoms with E-state index in [0.29, 0.717) is 5.75 Å². The van der Waals surface area contributed by atoms with E-state index in [1.807, 2.05) is 73.7 Å². The lowest BCUT2D eigenvalue weighted by molar-refractivity contribution is -0.151. The first-order valence-electron chi connectivity index (χ1n) is 12.6. The smallest absolute Gasteiger partial charge is 0.344 e. The summed E-state index contributed by atoms with van der Waals surface area (Å²) in [5.74, 6) is 0.234. The van der Waals surface area contributed by atoms with Crippen molar-refractivity contribution in [2.75, 3.05) is 6.61 Å². The summed E-state index contributed by atoms with van der Waals surface area (Å²) in [7, 11) is -0.226. The quantitative estimate of drug-likeness (QED) is 0.146. The third kappa shape index (κ3) is 6.34. The molecular weight excluding hydrogens is 488 g/mol. The Bertz CT molecular complexity index is 1400. The van der Waals surface area contributed by atoms with Crippen LogP contribution in [0.25, 0.3) is 11.1 Å². The molecule has 38 heavy (non-hydrogen) atoms. The zero-order chi connectivity index (χ0) is 26.2. The summed E-state index contributed by atoms with van der Waals surface area (Å²) in [6.45, 7) is 1.73. The van der Waals surface area contributed by atoms with E-state index in [-0.39, 0.29) is 23.6 Å². The van der Waals surface area contributed by atoms with E-state index < -0.39 is 5.97 Å². The summed E-state index contributed by atoms with van der Waals surface area (Å²) in [5.41, 5.74) is 3.22. The predicted molar refractivity (Wildman–Crippen MR) is 153 cm³/mol. The van der Waals surface area contributed by atoms with Crippen LogP contribution in [0.2, 0.25) is 0 Å². The zero-order valence-corrected chi connectivity index (χ0v) is 22.0. The molecule has 3 nitrogen and oxygen atoms in total. The highest BCUT2D eigenvalue weighted by Gasteiger charge is 2.28. The van der Waals surface area contributed by atoms with Gasteiger partial charge in [-0.25, -0.2) is 4.79 Å². The van der Waals surface area contributed by atoms with Crippen LogP contribution in [-0.4, -0.2) is 12.6 Å². The standard InChI is InChI=1S/C34H29O3S/c1-26(27-17-19-29(20-18-27)28-11-5-2-6-12-28)37-34(35)25-36-30-21-23-33(24-22-30)38(31-13-7-3-8-14-31)32-15-9-4-10-16-32/h2-24,26H,25H2,1H3/q+1. The summed E-state index contributed by atoms with van der Waals surface area (Å²) in [6.07, 6.45) is -0.364. The van der Waals surface area contributed by atoms with Crippen molar-refractivity contribution >= 4 is 16.9 Å². The lowest BCUT2D eigenvalue weighted by atomic mass is 10.0. The van der Waals surface area contributed by atoms with Crippen LogP contribution in [0.5, 0.6) is 5.75 Å². The Morgan fingerprint density at radius 3 is 1.63 bits per heavy atom. The van der Waals surface area contributed by atoms with E-state index in [9.17, 15) is 4.79 Å². The van der Waals surface area contributed by atoms with Gasteiger partial charge in [0.25, 0.3) is 0 Å². The first kappa shape index (κ1) is 25.4. The van der Waals surface area contributed by atoms with Crippen molar-refractivity contribution in [2.24, 2.45) is 0 Å². The second-order valence-electron chi connectivity index (χ2n) is 8.81.